The number of ether oxygens (including phenoxy) is 1. The Morgan fingerprint density at radius 3 is 2.02 bits per heavy atom. The fourth-order valence-corrected chi connectivity index (χ4v) is 7.81. The summed E-state index contributed by atoms with van der Waals surface area (Å²) in [7, 11) is 5.68. The van der Waals surface area contributed by atoms with Crippen LogP contribution in [0.5, 0.6) is 5.75 Å². The van der Waals surface area contributed by atoms with Gasteiger partial charge >= 0.3 is 0 Å². The molecule has 0 spiro atoms. The first-order chi connectivity index (χ1) is 20.4. The number of likely N-dealkylation sites (tertiary alicyclic amines) is 1. The highest BCUT2D eigenvalue weighted by molar-refractivity contribution is 5.81. The molecule has 2 aliphatic rings. The molecule has 5 heteroatoms. The number of fused-ring (bicyclic) bond motifs is 1. The van der Waals surface area contributed by atoms with Gasteiger partial charge < -0.3 is 19.6 Å². The number of anilines is 1. The second-order valence-corrected chi connectivity index (χ2v) is 12.0. The molecule has 42 heavy (non-hydrogen) atoms. The highest BCUT2D eigenvalue weighted by atomic mass is 16.5. The summed E-state index contributed by atoms with van der Waals surface area (Å²) in [5.41, 5.74) is 3.86. The van der Waals surface area contributed by atoms with Gasteiger partial charge in [-0.15, -0.1) is 0 Å². The number of carbonyl (C=O) groups excluding carboxylic acids is 1. The van der Waals surface area contributed by atoms with E-state index in [2.05, 4.69) is 71.6 Å². The van der Waals surface area contributed by atoms with Gasteiger partial charge in [0.05, 0.1) is 19.1 Å². The van der Waals surface area contributed by atoms with Crippen LogP contribution in [0.3, 0.4) is 0 Å². The van der Waals surface area contributed by atoms with Crippen LogP contribution in [0.15, 0.2) is 109 Å². The second kappa shape index (κ2) is 11.3. The second-order valence-electron chi connectivity index (χ2n) is 12.0. The Hall–Kier alpha value is -4.09. The van der Waals surface area contributed by atoms with Crippen LogP contribution in [0, 0.1) is 11.8 Å². The van der Waals surface area contributed by atoms with Gasteiger partial charge in [-0.3, -0.25) is 4.79 Å². The van der Waals surface area contributed by atoms with Gasteiger partial charge in [-0.25, -0.2) is 0 Å². The maximum atomic E-state index is 14.1. The largest absolute Gasteiger partial charge is 0.496 e. The number of carbonyl (C=O) groups is 1. The van der Waals surface area contributed by atoms with E-state index in [-0.39, 0.29) is 23.2 Å². The zero-order chi connectivity index (χ0) is 29.3. The molecule has 1 aliphatic carbocycles. The highest BCUT2D eigenvalue weighted by Gasteiger charge is 2.61. The van der Waals surface area contributed by atoms with Gasteiger partial charge in [0.25, 0.3) is 0 Å². The van der Waals surface area contributed by atoms with Crippen LogP contribution >= 0.6 is 0 Å². The van der Waals surface area contributed by atoms with Crippen LogP contribution in [0.25, 0.3) is 0 Å². The third-order valence-electron chi connectivity index (χ3n) is 9.79. The van der Waals surface area contributed by atoms with Crippen molar-refractivity contribution in [3.63, 3.8) is 0 Å². The lowest BCUT2D eigenvalue weighted by atomic mass is 9.52. The van der Waals surface area contributed by atoms with E-state index < -0.39 is 5.60 Å². The van der Waals surface area contributed by atoms with E-state index in [0.29, 0.717) is 31.7 Å². The SMILES string of the molecule is COc1ccccc1[C@]1(O)CCC(c2ccccc2)(c2ccccc2)[C@H]2CN(C(=O)Cc3ccccc3N(C)C)C[C@H]21. The molecule has 0 radical (unpaired) electrons. The van der Waals surface area contributed by atoms with Gasteiger partial charge in [0.15, 0.2) is 0 Å². The molecule has 1 amide bonds. The van der Waals surface area contributed by atoms with Gasteiger partial charge in [-0.05, 0) is 47.6 Å². The van der Waals surface area contributed by atoms with Gasteiger partial charge in [-0.1, -0.05) is 97.1 Å². The molecule has 1 N–H and O–H groups in total. The van der Waals surface area contributed by atoms with Crippen molar-refractivity contribution in [2.75, 3.05) is 39.2 Å². The van der Waals surface area contributed by atoms with Gasteiger partial charge in [0, 0.05) is 49.8 Å². The summed E-state index contributed by atoms with van der Waals surface area (Å²) in [6.07, 6.45) is 1.64. The van der Waals surface area contributed by atoms with E-state index in [9.17, 15) is 9.90 Å². The first-order valence-corrected chi connectivity index (χ1v) is 14.9. The molecular weight excluding hydrogens is 520 g/mol. The molecule has 3 atom stereocenters. The molecule has 6 rings (SSSR count). The Kier molecular flexibility index (Phi) is 7.54. The Morgan fingerprint density at radius 1 is 0.810 bits per heavy atom. The third-order valence-corrected chi connectivity index (χ3v) is 9.79. The molecule has 0 aromatic heterocycles. The van der Waals surface area contributed by atoms with Crippen molar-refractivity contribution >= 4 is 11.6 Å². The number of aliphatic hydroxyl groups is 1. The molecule has 216 valence electrons. The number of rotatable bonds is 7. The van der Waals surface area contributed by atoms with E-state index >= 15 is 0 Å². The topological polar surface area (TPSA) is 53.0 Å². The fraction of sp³-hybridized carbons (Fsp3) is 0.324. The van der Waals surface area contributed by atoms with Gasteiger partial charge in [0.1, 0.15) is 5.75 Å². The molecule has 5 nitrogen and oxygen atoms in total. The van der Waals surface area contributed by atoms with E-state index in [1.807, 2.05) is 61.5 Å². The number of hydrogen-bond donors (Lipinski definition) is 1. The maximum absolute atomic E-state index is 14.1. The quantitative estimate of drug-likeness (QED) is 0.299. The number of nitrogens with zero attached hydrogens (tertiary/aromatic N) is 2. The first-order valence-electron chi connectivity index (χ1n) is 14.9. The van der Waals surface area contributed by atoms with Crippen molar-refractivity contribution in [3.05, 3.63) is 131 Å². The number of para-hydroxylation sites is 2. The lowest BCUT2D eigenvalue weighted by molar-refractivity contribution is -0.130. The molecule has 1 saturated carbocycles. The average molecular weight is 561 g/mol. The molecule has 2 fully saturated rings. The summed E-state index contributed by atoms with van der Waals surface area (Å²) in [6.45, 7) is 1.07. The Bertz CT molecular complexity index is 1500. The summed E-state index contributed by atoms with van der Waals surface area (Å²) in [4.78, 5) is 18.2. The van der Waals surface area contributed by atoms with Crippen molar-refractivity contribution in [2.45, 2.75) is 30.3 Å². The van der Waals surface area contributed by atoms with Crippen LogP contribution in [-0.2, 0) is 22.2 Å². The van der Waals surface area contributed by atoms with E-state index in [1.165, 1.54) is 11.1 Å². The molecule has 4 aromatic rings. The third kappa shape index (κ3) is 4.66. The van der Waals surface area contributed by atoms with Crippen LogP contribution in [-0.4, -0.2) is 50.2 Å². The lowest BCUT2D eigenvalue weighted by Gasteiger charge is -2.53. The van der Waals surface area contributed by atoms with Crippen molar-refractivity contribution in [3.8, 4) is 5.75 Å². The standard InChI is InChI=1S/C37H40N2O3/c1-38(2)33-20-12-10-14-27(33)24-35(40)39-25-31-32(26-39)37(41,30-19-11-13-21-34(30)42-3)23-22-36(31,28-15-6-4-7-16-28)29-17-8-5-9-18-29/h4-21,31-32,41H,22-26H2,1-3H3/t31-,32+,37+/m0/s1. The zero-order valence-corrected chi connectivity index (χ0v) is 24.7. The molecule has 1 aliphatic heterocycles. The smallest absolute Gasteiger partial charge is 0.227 e. The normalized spacial score (nSPS) is 22.8. The lowest BCUT2D eigenvalue weighted by Crippen LogP contribution is -2.53. The van der Waals surface area contributed by atoms with Gasteiger partial charge in [0.2, 0.25) is 5.91 Å². The summed E-state index contributed by atoms with van der Waals surface area (Å²) in [5, 5.41) is 12.7. The van der Waals surface area contributed by atoms with E-state index in [4.69, 9.17) is 4.74 Å². The zero-order valence-electron chi connectivity index (χ0n) is 24.7. The van der Waals surface area contributed by atoms with Crippen molar-refractivity contribution < 1.29 is 14.6 Å². The Labute approximate surface area is 249 Å². The van der Waals surface area contributed by atoms with Crippen LogP contribution in [0.2, 0.25) is 0 Å². The summed E-state index contributed by atoms with van der Waals surface area (Å²) in [6, 6.07) is 37.3. The maximum Gasteiger partial charge on any atom is 0.227 e. The highest BCUT2D eigenvalue weighted by Crippen LogP contribution is 2.60. The number of amides is 1. The van der Waals surface area contributed by atoms with Crippen LogP contribution in [0.4, 0.5) is 5.69 Å². The minimum Gasteiger partial charge on any atom is -0.496 e. The van der Waals surface area contributed by atoms with E-state index in [0.717, 1.165) is 23.2 Å². The van der Waals surface area contributed by atoms with E-state index in [1.54, 1.807) is 7.11 Å². The molecule has 0 bridgehead atoms. The molecule has 1 saturated heterocycles. The van der Waals surface area contributed by atoms with Crippen molar-refractivity contribution in [1.82, 2.24) is 4.90 Å². The Balaban J connectivity index is 1.46. The van der Waals surface area contributed by atoms with Crippen molar-refractivity contribution in [1.29, 1.82) is 0 Å². The monoisotopic (exact) mass is 560 g/mol. The summed E-state index contributed by atoms with van der Waals surface area (Å²) < 4.78 is 5.78. The van der Waals surface area contributed by atoms with Crippen LogP contribution in [0.1, 0.15) is 35.1 Å². The molecule has 4 aromatic carbocycles. The molecule has 1 heterocycles. The predicted molar refractivity (Wildman–Crippen MR) is 168 cm³/mol. The average Bonchev–Trinajstić information content (AvgIpc) is 3.50. The fourth-order valence-electron chi connectivity index (χ4n) is 7.81. The first kappa shape index (κ1) is 28.0. The molecular formula is C37H40N2O3. The minimum atomic E-state index is -1.14. The Morgan fingerprint density at radius 2 is 1.38 bits per heavy atom. The number of methoxy groups -OCH3 is 1. The van der Waals surface area contributed by atoms with Crippen LogP contribution < -0.4 is 9.64 Å². The number of benzene rings is 4. The van der Waals surface area contributed by atoms with Gasteiger partial charge in [-0.2, -0.15) is 0 Å². The summed E-state index contributed by atoms with van der Waals surface area (Å²) >= 11 is 0. The molecule has 0 unspecified atom stereocenters. The minimum absolute atomic E-state index is 0.000922. The number of hydrogen-bond acceptors (Lipinski definition) is 4. The summed E-state index contributed by atoms with van der Waals surface area (Å²) in [5.74, 6) is 0.599. The van der Waals surface area contributed by atoms with Crippen molar-refractivity contribution in [2.24, 2.45) is 11.8 Å². The predicted octanol–water partition coefficient (Wildman–Crippen LogP) is 6.05.